The van der Waals surface area contributed by atoms with Gasteiger partial charge in [0.2, 0.25) is 0 Å². The van der Waals surface area contributed by atoms with Gasteiger partial charge in [0.25, 0.3) is 10.2 Å². The van der Waals surface area contributed by atoms with Crippen LogP contribution in [0, 0.1) is 0 Å². The molecule has 0 bridgehead atoms. The quantitative estimate of drug-likeness (QED) is 0.611. The zero-order valence-electron chi connectivity index (χ0n) is 12.0. The molecule has 112 valence electrons. The van der Waals surface area contributed by atoms with Crippen molar-refractivity contribution in [2.75, 3.05) is 33.2 Å². The molecule has 19 heavy (non-hydrogen) atoms. The largest absolute Gasteiger partial charge is 0.320 e. The molecular formula is C13H27N3O2S. The summed E-state index contributed by atoms with van der Waals surface area (Å²) in [6.45, 7) is 2.87. The molecule has 0 unspecified atom stereocenters. The molecule has 1 aliphatic carbocycles. The van der Waals surface area contributed by atoms with Crippen molar-refractivity contribution in [2.24, 2.45) is 0 Å². The summed E-state index contributed by atoms with van der Waals surface area (Å²) in [7, 11) is -1.29. The highest BCUT2D eigenvalue weighted by Gasteiger charge is 2.40. The lowest BCUT2D eigenvalue weighted by Crippen LogP contribution is -2.40. The second kappa shape index (κ2) is 7.02. The second-order valence-corrected chi connectivity index (χ2v) is 7.50. The monoisotopic (exact) mass is 289 g/mol. The minimum absolute atomic E-state index is 0.252. The van der Waals surface area contributed by atoms with Gasteiger partial charge in [0, 0.05) is 25.7 Å². The first kappa shape index (κ1) is 15.2. The van der Waals surface area contributed by atoms with Gasteiger partial charge in [-0.25, -0.2) is 0 Å². The van der Waals surface area contributed by atoms with E-state index in [0.29, 0.717) is 19.6 Å². The molecular weight excluding hydrogens is 262 g/mol. The van der Waals surface area contributed by atoms with Crippen molar-refractivity contribution in [1.82, 2.24) is 13.9 Å². The molecule has 6 heteroatoms. The molecule has 0 aromatic carbocycles. The van der Waals surface area contributed by atoms with Crippen LogP contribution in [-0.2, 0) is 10.2 Å². The van der Waals surface area contributed by atoms with Crippen molar-refractivity contribution in [2.45, 2.75) is 51.0 Å². The molecule has 1 N–H and O–H groups in total. The van der Waals surface area contributed by atoms with E-state index in [1.54, 1.807) is 8.61 Å². The topological polar surface area (TPSA) is 52.6 Å². The van der Waals surface area contributed by atoms with E-state index < -0.39 is 10.2 Å². The van der Waals surface area contributed by atoms with Crippen molar-refractivity contribution in [1.29, 1.82) is 0 Å². The first-order valence-electron chi connectivity index (χ1n) is 7.58. The van der Waals surface area contributed by atoms with E-state index in [-0.39, 0.29) is 6.04 Å². The average molecular weight is 289 g/mol. The van der Waals surface area contributed by atoms with Gasteiger partial charge in [0.05, 0.1) is 0 Å². The SMILES string of the molecule is CNCCCN1CCN(C2CCCCCC2)S1(=O)=O. The molecule has 0 aromatic rings. The van der Waals surface area contributed by atoms with Crippen molar-refractivity contribution in [3.8, 4) is 0 Å². The van der Waals surface area contributed by atoms with E-state index in [0.717, 1.165) is 25.8 Å². The molecule has 1 aliphatic heterocycles. The highest BCUT2D eigenvalue weighted by atomic mass is 32.2. The van der Waals surface area contributed by atoms with E-state index in [2.05, 4.69) is 5.32 Å². The molecule has 0 atom stereocenters. The van der Waals surface area contributed by atoms with Crippen LogP contribution in [0.2, 0.25) is 0 Å². The Morgan fingerprint density at radius 3 is 2.42 bits per heavy atom. The summed E-state index contributed by atoms with van der Waals surface area (Å²) in [6.07, 6.45) is 7.85. The molecule has 1 saturated carbocycles. The third-order valence-corrected chi connectivity index (χ3v) is 6.35. The van der Waals surface area contributed by atoms with Crippen LogP contribution < -0.4 is 5.32 Å². The fourth-order valence-electron chi connectivity index (χ4n) is 3.17. The van der Waals surface area contributed by atoms with Crippen LogP contribution in [0.15, 0.2) is 0 Å². The first-order chi connectivity index (χ1) is 9.16. The standard InChI is InChI=1S/C13H27N3O2S/c1-14-9-6-10-15-11-12-16(19(15,17)18)13-7-4-2-3-5-8-13/h13-14H,2-12H2,1H3. The zero-order chi connectivity index (χ0) is 13.7. The van der Waals surface area contributed by atoms with Crippen LogP contribution in [0.4, 0.5) is 0 Å². The molecule has 0 aromatic heterocycles. The fraction of sp³-hybridized carbons (Fsp3) is 1.00. The molecule has 5 nitrogen and oxygen atoms in total. The molecule has 0 amide bonds. The first-order valence-corrected chi connectivity index (χ1v) is 8.97. The second-order valence-electron chi connectivity index (χ2n) is 5.62. The number of hydrogen-bond acceptors (Lipinski definition) is 3. The molecule has 1 saturated heterocycles. The van der Waals surface area contributed by atoms with E-state index in [1.165, 1.54) is 25.7 Å². The van der Waals surface area contributed by atoms with Gasteiger partial charge in [-0.05, 0) is 32.9 Å². The summed E-state index contributed by atoms with van der Waals surface area (Å²) in [5, 5.41) is 3.07. The van der Waals surface area contributed by atoms with Crippen molar-refractivity contribution < 1.29 is 8.42 Å². The van der Waals surface area contributed by atoms with Crippen molar-refractivity contribution in [3.63, 3.8) is 0 Å². The van der Waals surface area contributed by atoms with Gasteiger partial charge >= 0.3 is 0 Å². The van der Waals surface area contributed by atoms with E-state index in [9.17, 15) is 8.42 Å². The van der Waals surface area contributed by atoms with Crippen LogP contribution in [0.25, 0.3) is 0 Å². The molecule has 0 spiro atoms. The zero-order valence-corrected chi connectivity index (χ0v) is 12.8. The third-order valence-electron chi connectivity index (χ3n) is 4.26. The van der Waals surface area contributed by atoms with Crippen LogP contribution in [0.1, 0.15) is 44.9 Å². The van der Waals surface area contributed by atoms with Crippen LogP contribution in [0.3, 0.4) is 0 Å². The highest BCUT2D eigenvalue weighted by Crippen LogP contribution is 2.28. The Morgan fingerprint density at radius 2 is 1.79 bits per heavy atom. The Morgan fingerprint density at radius 1 is 1.11 bits per heavy atom. The third kappa shape index (κ3) is 3.68. The van der Waals surface area contributed by atoms with Crippen LogP contribution in [-0.4, -0.2) is 56.3 Å². The van der Waals surface area contributed by atoms with Crippen LogP contribution >= 0.6 is 0 Å². The smallest absolute Gasteiger partial charge is 0.282 e. The van der Waals surface area contributed by atoms with Crippen LogP contribution in [0.5, 0.6) is 0 Å². The Hall–Kier alpha value is -0.170. The molecule has 1 heterocycles. The number of rotatable bonds is 5. The summed E-state index contributed by atoms with van der Waals surface area (Å²) < 4.78 is 28.5. The van der Waals surface area contributed by atoms with Gasteiger partial charge in [-0.15, -0.1) is 0 Å². The summed E-state index contributed by atoms with van der Waals surface area (Å²) >= 11 is 0. The maximum absolute atomic E-state index is 12.5. The minimum Gasteiger partial charge on any atom is -0.320 e. The number of hydrogen-bond donors (Lipinski definition) is 1. The Kier molecular flexibility index (Phi) is 5.62. The van der Waals surface area contributed by atoms with Crippen molar-refractivity contribution >= 4 is 10.2 Å². The minimum atomic E-state index is -3.19. The Bertz CT molecular complexity index is 364. The highest BCUT2D eigenvalue weighted by molar-refractivity contribution is 7.87. The molecule has 2 aliphatic rings. The molecule has 2 fully saturated rings. The van der Waals surface area contributed by atoms with Gasteiger partial charge < -0.3 is 5.32 Å². The summed E-state index contributed by atoms with van der Waals surface area (Å²) in [5.41, 5.74) is 0. The summed E-state index contributed by atoms with van der Waals surface area (Å²) in [4.78, 5) is 0. The lowest BCUT2D eigenvalue weighted by atomic mass is 10.1. The van der Waals surface area contributed by atoms with Gasteiger partial charge in [0.15, 0.2) is 0 Å². The normalized spacial score (nSPS) is 26.6. The maximum Gasteiger partial charge on any atom is 0.282 e. The summed E-state index contributed by atoms with van der Waals surface area (Å²) in [6, 6.07) is 0.252. The average Bonchev–Trinajstić information content (AvgIpc) is 2.60. The molecule has 2 rings (SSSR count). The maximum atomic E-state index is 12.5. The molecule has 0 radical (unpaired) electrons. The predicted octanol–water partition coefficient (Wildman–Crippen LogP) is 1.18. The number of nitrogens with one attached hydrogen (secondary N) is 1. The van der Waals surface area contributed by atoms with Gasteiger partial charge in [0.1, 0.15) is 0 Å². The van der Waals surface area contributed by atoms with Gasteiger partial charge in [-0.2, -0.15) is 17.0 Å². The Labute approximate surface area is 117 Å². The van der Waals surface area contributed by atoms with Gasteiger partial charge in [-0.1, -0.05) is 25.7 Å². The lowest BCUT2D eigenvalue weighted by Gasteiger charge is -2.26. The van der Waals surface area contributed by atoms with E-state index in [1.807, 2.05) is 7.05 Å². The van der Waals surface area contributed by atoms with E-state index >= 15 is 0 Å². The van der Waals surface area contributed by atoms with Crippen molar-refractivity contribution in [3.05, 3.63) is 0 Å². The predicted molar refractivity (Wildman–Crippen MR) is 77.2 cm³/mol. The number of nitrogens with zero attached hydrogens (tertiary/aromatic N) is 2. The lowest BCUT2D eigenvalue weighted by molar-refractivity contribution is 0.316. The Balaban J connectivity index is 1.95. The summed E-state index contributed by atoms with van der Waals surface area (Å²) in [5.74, 6) is 0. The van der Waals surface area contributed by atoms with E-state index in [4.69, 9.17) is 0 Å². The fourth-order valence-corrected chi connectivity index (χ4v) is 5.03. The van der Waals surface area contributed by atoms with Gasteiger partial charge in [-0.3, -0.25) is 0 Å².